The summed E-state index contributed by atoms with van der Waals surface area (Å²) in [5.74, 6) is 0.886. The molecule has 1 aromatic rings. The molecule has 1 atom stereocenters. The summed E-state index contributed by atoms with van der Waals surface area (Å²) in [6.45, 7) is 4.67. The summed E-state index contributed by atoms with van der Waals surface area (Å²) in [4.78, 5) is 0. The summed E-state index contributed by atoms with van der Waals surface area (Å²) in [6, 6.07) is 10.9. The number of unbranched alkanes of at least 4 members (excludes halogenated alkanes) is 3. The highest BCUT2D eigenvalue weighted by Crippen LogP contribution is 2.16. The second kappa shape index (κ2) is 8.38. The van der Waals surface area contributed by atoms with E-state index in [9.17, 15) is 0 Å². The van der Waals surface area contributed by atoms with E-state index >= 15 is 0 Å². The van der Waals surface area contributed by atoms with Gasteiger partial charge in [0.05, 0.1) is 0 Å². The average molecular weight is 218 g/mol. The molecule has 1 aromatic carbocycles. The van der Waals surface area contributed by atoms with E-state index in [4.69, 9.17) is 0 Å². The largest absolute Gasteiger partial charge is 0.0654 e. The molecule has 16 heavy (non-hydrogen) atoms. The highest BCUT2D eigenvalue weighted by molar-refractivity contribution is 5.14. The van der Waals surface area contributed by atoms with Crippen LogP contribution in [0.1, 0.15) is 57.9 Å². The van der Waals surface area contributed by atoms with Crippen LogP contribution in [0.25, 0.3) is 0 Å². The normalized spacial score (nSPS) is 12.6. The molecular formula is C16H26. The number of benzene rings is 1. The van der Waals surface area contributed by atoms with Gasteiger partial charge in [-0.3, -0.25) is 0 Å². The first-order valence-corrected chi connectivity index (χ1v) is 6.87. The third-order valence-electron chi connectivity index (χ3n) is 3.32. The molecule has 1 rings (SSSR count). The summed E-state index contributed by atoms with van der Waals surface area (Å²) in [5, 5.41) is 0. The van der Waals surface area contributed by atoms with E-state index in [0.717, 1.165) is 5.92 Å². The average Bonchev–Trinajstić information content (AvgIpc) is 2.33. The number of hydrogen-bond donors (Lipinski definition) is 0. The van der Waals surface area contributed by atoms with E-state index in [1.54, 1.807) is 0 Å². The minimum Gasteiger partial charge on any atom is -0.0654 e. The first kappa shape index (κ1) is 13.3. The zero-order valence-electron chi connectivity index (χ0n) is 10.9. The number of rotatable bonds is 8. The Kier molecular flexibility index (Phi) is 6.96. The maximum Gasteiger partial charge on any atom is -0.0276 e. The van der Waals surface area contributed by atoms with Gasteiger partial charge in [-0.2, -0.15) is 0 Å². The van der Waals surface area contributed by atoms with Crippen molar-refractivity contribution in [1.29, 1.82) is 0 Å². The van der Waals surface area contributed by atoms with E-state index in [1.165, 1.54) is 50.5 Å². The number of hydrogen-bond acceptors (Lipinski definition) is 0. The minimum absolute atomic E-state index is 0.886. The van der Waals surface area contributed by atoms with E-state index in [-0.39, 0.29) is 0 Å². The van der Waals surface area contributed by atoms with E-state index in [0.29, 0.717) is 0 Å². The summed E-state index contributed by atoms with van der Waals surface area (Å²) >= 11 is 0. The standard InChI is InChI=1S/C16H26/c1-3-4-5-7-10-15(2)13-14-16-11-8-6-9-12-16/h6,8-9,11-12,15H,3-5,7,10,13-14H2,1-2H3/t15-/m0/s1. The Morgan fingerprint density at radius 1 is 0.938 bits per heavy atom. The Bertz CT molecular complexity index is 250. The Labute approximate surface area is 101 Å². The fraction of sp³-hybridized carbons (Fsp3) is 0.625. The van der Waals surface area contributed by atoms with Gasteiger partial charge in [0.15, 0.2) is 0 Å². The first-order valence-electron chi connectivity index (χ1n) is 6.87. The smallest absolute Gasteiger partial charge is 0.0276 e. The van der Waals surface area contributed by atoms with Crippen molar-refractivity contribution >= 4 is 0 Å². The van der Waals surface area contributed by atoms with Gasteiger partial charge in [0.1, 0.15) is 0 Å². The van der Waals surface area contributed by atoms with Crippen molar-refractivity contribution in [2.75, 3.05) is 0 Å². The Morgan fingerprint density at radius 3 is 2.38 bits per heavy atom. The van der Waals surface area contributed by atoms with Gasteiger partial charge in [-0.15, -0.1) is 0 Å². The van der Waals surface area contributed by atoms with Crippen LogP contribution in [-0.4, -0.2) is 0 Å². The van der Waals surface area contributed by atoms with Crippen molar-refractivity contribution in [1.82, 2.24) is 0 Å². The molecule has 0 aliphatic heterocycles. The maximum absolute atomic E-state index is 2.40. The fourth-order valence-electron chi connectivity index (χ4n) is 2.12. The van der Waals surface area contributed by atoms with E-state index in [2.05, 4.69) is 44.2 Å². The SMILES string of the molecule is CCCCCC[C@H](C)CCc1ccccc1. The fourth-order valence-corrected chi connectivity index (χ4v) is 2.12. The van der Waals surface area contributed by atoms with Crippen LogP contribution in [0.5, 0.6) is 0 Å². The molecule has 0 nitrogen and oxygen atoms in total. The second-order valence-corrected chi connectivity index (χ2v) is 4.98. The summed E-state index contributed by atoms with van der Waals surface area (Å²) in [7, 11) is 0. The van der Waals surface area contributed by atoms with Gasteiger partial charge in [-0.05, 0) is 24.3 Å². The van der Waals surface area contributed by atoms with Crippen LogP contribution in [0.2, 0.25) is 0 Å². The Morgan fingerprint density at radius 2 is 1.69 bits per heavy atom. The topological polar surface area (TPSA) is 0 Å². The Hall–Kier alpha value is -0.780. The molecule has 0 unspecified atom stereocenters. The van der Waals surface area contributed by atoms with Crippen molar-refractivity contribution in [3.8, 4) is 0 Å². The van der Waals surface area contributed by atoms with Crippen molar-refractivity contribution in [2.24, 2.45) is 5.92 Å². The van der Waals surface area contributed by atoms with Crippen LogP contribution < -0.4 is 0 Å². The molecule has 0 bridgehead atoms. The molecule has 0 spiro atoms. The lowest BCUT2D eigenvalue weighted by molar-refractivity contribution is 0.460. The lowest BCUT2D eigenvalue weighted by Gasteiger charge is -2.10. The Balaban J connectivity index is 2.08. The van der Waals surface area contributed by atoms with Crippen LogP contribution in [0.15, 0.2) is 30.3 Å². The molecule has 0 N–H and O–H groups in total. The molecule has 0 saturated heterocycles. The van der Waals surface area contributed by atoms with Crippen LogP contribution in [-0.2, 0) is 6.42 Å². The summed E-state index contributed by atoms with van der Waals surface area (Å²) in [5.41, 5.74) is 1.49. The molecule has 0 saturated carbocycles. The van der Waals surface area contributed by atoms with Gasteiger partial charge >= 0.3 is 0 Å². The van der Waals surface area contributed by atoms with Gasteiger partial charge < -0.3 is 0 Å². The predicted octanol–water partition coefficient (Wildman–Crippen LogP) is 5.23. The van der Waals surface area contributed by atoms with Crippen LogP contribution in [0, 0.1) is 5.92 Å². The van der Waals surface area contributed by atoms with E-state index in [1.807, 2.05) is 0 Å². The highest BCUT2D eigenvalue weighted by Gasteiger charge is 2.02. The quantitative estimate of drug-likeness (QED) is 0.524. The monoisotopic (exact) mass is 218 g/mol. The van der Waals surface area contributed by atoms with Crippen LogP contribution >= 0.6 is 0 Å². The minimum atomic E-state index is 0.886. The summed E-state index contributed by atoms with van der Waals surface area (Å²) in [6.07, 6.45) is 9.60. The highest BCUT2D eigenvalue weighted by atomic mass is 14.1. The number of aryl methyl sites for hydroxylation is 1. The third kappa shape index (κ3) is 5.95. The van der Waals surface area contributed by atoms with Crippen molar-refractivity contribution in [2.45, 2.75) is 58.8 Å². The van der Waals surface area contributed by atoms with Crippen molar-refractivity contribution in [3.05, 3.63) is 35.9 Å². The molecular weight excluding hydrogens is 192 g/mol. The zero-order chi connectivity index (χ0) is 11.6. The molecule has 0 radical (unpaired) electrons. The lowest BCUT2D eigenvalue weighted by atomic mass is 9.95. The molecule has 0 amide bonds. The van der Waals surface area contributed by atoms with Gasteiger partial charge in [0.25, 0.3) is 0 Å². The third-order valence-corrected chi connectivity index (χ3v) is 3.32. The second-order valence-electron chi connectivity index (χ2n) is 4.98. The molecule has 0 aromatic heterocycles. The molecule has 90 valence electrons. The molecule has 0 heterocycles. The molecule has 0 fully saturated rings. The zero-order valence-corrected chi connectivity index (χ0v) is 10.9. The van der Waals surface area contributed by atoms with Gasteiger partial charge in [-0.1, -0.05) is 76.3 Å². The molecule has 0 aliphatic carbocycles. The van der Waals surface area contributed by atoms with Crippen molar-refractivity contribution < 1.29 is 0 Å². The predicted molar refractivity (Wildman–Crippen MR) is 72.7 cm³/mol. The maximum atomic E-state index is 2.40. The van der Waals surface area contributed by atoms with Crippen LogP contribution in [0.3, 0.4) is 0 Å². The van der Waals surface area contributed by atoms with E-state index < -0.39 is 0 Å². The molecule has 0 aliphatic rings. The summed E-state index contributed by atoms with van der Waals surface area (Å²) < 4.78 is 0. The first-order chi connectivity index (χ1) is 7.83. The lowest BCUT2D eigenvalue weighted by Crippen LogP contribution is -1.97. The van der Waals surface area contributed by atoms with Gasteiger partial charge in [0.2, 0.25) is 0 Å². The van der Waals surface area contributed by atoms with Gasteiger partial charge in [0, 0.05) is 0 Å². The van der Waals surface area contributed by atoms with Gasteiger partial charge in [-0.25, -0.2) is 0 Å². The van der Waals surface area contributed by atoms with Crippen LogP contribution in [0.4, 0.5) is 0 Å². The van der Waals surface area contributed by atoms with Crippen molar-refractivity contribution in [3.63, 3.8) is 0 Å². The molecule has 0 heteroatoms.